The van der Waals surface area contributed by atoms with E-state index in [0.717, 1.165) is 12.1 Å². The summed E-state index contributed by atoms with van der Waals surface area (Å²) in [5.41, 5.74) is 0.699. The van der Waals surface area contributed by atoms with Crippen molar-refractivity contribution in [3.05, 3.63) is 0 Å². The Morgan fingerprint density at radius 1 is 1.05 bits per heavy atom. The first-order chi connectivity index (χ1) is 9.26. The fraction of sp³-hybridized carbons (Fsp3) is 1.00. The van der Waals surface area contributed by atoms with E-state index in [-0.39, 0.29) is 0 Å². The molecule has 3 rings (SSSR count). The summed E-state index contributed by atoms with van der Waals surface area (Å²) >= 11 is 0. The number of rotatable bonds is 4. The minimum absolute atomic E-state index is 0.699. The molecular weight excluding hydrogens is 232 g/mol. The van der Waals surface area contributed by atoms with Crippen molar-refractivity contribution >= 4 is 0 Å². The van der Waals surface area contributed by atoms with Crippen molar-refractivity contribution in [3.63, 3.8) is 0 Å². The van der Waals surface area contributed by atoms with Crippen molar-refractivity contribution < 1.29 is 0 Å². The molecule has 3 aliphatic rings. The summed E-state index contributed by atoms with van der Waals surface area (Å²) in [4.78, 5) is 5.68. The predicted molar refractivity (Wildman–Crippen MR) is 81.4 cm³/mol. The average molecular weight is 264 g/mol. The van der Waals surface area contributed by atoms with Crippen molar-refractivity contribution in [1.29, 1.82) is 0 Å². The second-order valence-electron chi connectivity index (χ2n) is 7.34. The molecule has 2 heteroatoms. The Morgan fingerprint density at radius 2 is 1.89 bits per heavy atom. The monoisotopic (exact) mass is 264 g/mol. The van der Waals surface area contributed by atoms with Gasteiger partial charge in [-0.3, -0.25) is 9.80 Å². The Hall–Kier alpha value is -0.0800. The summed E-state index contributed by atoms with van der Waals surface area (Å²) in [6, 6.07) is 1.71. The van der Waals surface area contributed by atoms with Gasteiger partial charge in [0.15, 0.2) is 0 Å². The maximum atomic E-state index is 2.88. The first-order valence-electron chi connectivity index (χ1n) is 8.74. The van der Waals surface area contributed by atoms with Crippen LogP contribution in [0.4, 0.5) is 0 Å². The maximum Gasteiger partial charge on any atom is 0.0223 e. The van der Waals surface area contributed by atoms with Crippen LogP contribution in [0.15, 0.2) is 0 Å². The first-order valence-corrected chi connectivity index (χ1v) is 8.74. The molecule has 19 heavy (non-hydrogen) atoms. The lowest BCUT2D eigenvalue weighted by atomic mass is 9.66. The molecule has 0 N–H and O–H groups in total. The van der Waals surface area contributed by atoms with Crippen LogP contribution >= 0.6 is 0 Å². The highest BCUT2D eigenvalue weighted by Gasteiger charge is 2.41. The standard InChI is InChI=1S/C17H32N2/c1-3-15-12-18-11-6-5-8-16(18)13-19(15)14-17(4-2)9-7-10-17/h15-16H,3-14H2,1-2H3. The van der Waals surface area contributed by atoms with Gasteiger partial charge < -0.3 is 0 Å². The van der Waals surface area contributed by atoms with E-state index >= 15 is 0 Å². The van der Waals surface area contributed by atoms with Gasteiger partial charge in [-0.05, 0) is 50.5 Å². The molecule has 2 atom stereocenters. The van der Waals surface area contributed by atoms with E-state index in [9.17, 15) is 0 Å². The van der Waals surface area contributed by atoms with Crippen molar-refractivity contribution in [2.24, 2.45) is 5.41 Å². The zero-order valence-corrected chi connectivity index (χ0v) is 13.0. The van der Waals surface area contributed by atoms with Crippen molar-refractivity contribution in [1.82, 2.24) is 9.80 Å². The van der Waals surface area contributed by atoms with Gasteiger partial charge in [-0.1, -0.05) is 26.7 Å². The number of hydrogen-bond acceptors (Lipinski definition) is 2. The number of fused-ring (bicyclic) bond motifs is 1. The molecule has 2 aliphatic heterocycles. The van der Waals surface area contributed by atoms with Gasteiger partial charge >= 0.3 is 0 Å². The quantitative estimate of drug-likeness (QED) is 0.766. The Morgan fingerprint density at radius 3 is 2.53 bits per heavy atom. The lowest BCUT2D eigenvalue weighted by Gasteiger charge is -2.53. The average Bonchev–Trinajstić information content (AvgIpc) is 2.42. The van der Waals surface area contributed by atoms with Gasteiger partial charge in [0, 0.05) is 31.7 Å². The lowest BCUT2D eigenvalue weighted by Crippen LogP contribution is -2.61. The highest BCUT2D eigenvalue weighted by atomic mass is 15.3. The normalized spacial score (nSPS) is 35.7. The smallest absolute Gasteiger partial charge is 0.0223 e. The summed E-state index contributed by atoms with van der Waals surface area (Å²) < 4.78 is 0. The van der Waals surface area contributed by atoms with Gasteiger partial charge in [0.25, 0.3) is 0 Å². The third-order valence-corrected chi connectivity index (χ3v) is 6.33. The van der Waals surface area contributed by atoms with Crippen LogP contribution in [0, 0.1) is 5.41 Å². The van der Waals surface area contributed by atoms with E-state index in [4.69, 9.17) is 0 Å². The summed E-state index contributed by atoms with van der Waals surface area (Å²) in [5, 5.41) is 0. The first kappa shape index (κ1) is 13.9. The number of piperazine rings is 1. The van der Waals surface area contributed by atoms with E-state index in [0.29, 0.717) is 5.41 Å². The minimum Gasteiger partial charge on any atom is -0.298 e. The van der Waals surface area contributed by atoms with Crippen LogP contribution in [-0.2, 0) is 0 Å². The molecule has 0 spiro atoms. The predicted octanol–water partition coefficient (Wildman–Crippen LogP) is 3.52. The van der Waals surface area contributed by atoms with Crippen molar-refractivity contribution in [2.75, 3.05) is 26.2 Å². The molecule has 1 aliphatic carbocycles. The van der Waals surface area contributed by atoms with Crippen LogP contribution in [0.25, 0.3) is 0 Å². The molecule has 110 valence electrons. The van der Waals surface area contributed by atoms with Crippen LogP contribution in [0.5, 0.6) is 0 Å². The SMILES string of the molecule is CCC1CN2CCCCC2CN1CC1(CC)CCC1. The van der Waals surface area contributed by atoms with Crippen LogP contribution in [0.1, 0.15) is 65.2 Å². The Bertz CT molecular complexity index is 292. The largest absolute Gasteiger partial charge is 0.298 e. The van der Waals surface area contributed by atoms with E-state index in [2.05, 4.69) is 23.6 Å². The zero-order chi connectivity index (χ0) is 13.3. The summed E-state index contributed by atoms with van der Waals surface area (Å²) in [6.45, 7) is 10.3. The van der Waals surface area contributed by atoms with Crippen LogP contribution in [0.3, 0.4) is 0 Å². The molecule has 0 aromatic heterocycles. The van der Waals surface area contributed by atoms with E-state index in [1.54, 1.807) is 0 Å². The molecule has 0 aromatic carbocycles. The third kappa shape index (κ3) is 2.71. The van der Waals surface area contributed by atoms with E-state index in [1.807, 2.05) is 0 Å². The highest BCUT2D eigenvalue weighted by Crippen LogP contribution is 2.45. The summed E-state index contributed by atoms with van der Waals surface area (Å²) in [5.74, 6) is 0. The van der Waals surface area contributed by atoms with Gasteiger partial charge in [-0.15, -0.1) is 0 Å². The van der Waals surface area contributed by atoms with Gasteiger partial charge in [0.05, 0.1) is 0 Å². The topological polar surface area (TPSA) is 6.48 Å². The Balaban J connectivity index is 1.65. The van der Waals surface area contributed by atoms with E-state index in [1.165, 1.54) is 77.5 Å². The molecule has 2 nitrogen and oxygen atoms in total. The summed E-state index contributed by atoms with van der Waals surface area (Å²) in [6.07, 6.45) is 11.5. The number of nitrogens with zero attached hydrogens (tertiary/aromatic N) is 2. The molecule has 2 heterocycles. The zero-order valence-electron chi connectivity index (χ0n) is 13.0. The molecule has 0 amide bonds. The molecular formula is C17H32N2. The fourth-order valence-corrected chi connectivity index (χ4v) is 4.63. The summed E-state index contributed by atoms with van der Waals surface area (Å²) in [7, 11) is 0. The highest BCUT2D eigenvalue weighted by molar-refractivity contribution is 4.96. The Kier molecular flexibility index (Phi) is 4.19. The molecule has 2 unspecified atom stereocenters. The van der Waals surface area contributed by atoms with Crippen LogP contribution < -0.4 is 0 Å². The van der Waals surface area contributed by atoms with Gasteiger partial charge in [-0.2, -0.15) is 0 Å². The second-order valence-corrected chi connectivity index (χ2v) is 7.34. The number of hydrogen-bond donors (Lipinski definition) is 0. The van der Waals surface area contributed by atoms with Gasteiger partial charge in [0.2, 0.25) is 0 Å². The van der Waals surface area contributed by atoms with E-state index < -0.39 is 0 Å². The molecule has 0 bridgehead atoms. The molecule has 0 aromatic rings. The van der Waals surface area contributed by atoms with Gasteiger partial charge in [0.1, 0.15) is 0 Å². The molecule has 2 saturated heterocycles. The lowest BCUT2D eigenvalue weighted by molar-refractivity contribution is -0.0333. The molecule has 0 radical (unpaired) electrons. The minimum atomic E-state index is 0.699. The van der Waals surface area contributed by atoms with Crippen LogP contribution in [0.2, 0.25) is 0 Å². The van der Waals surface area contributed by atoms with Gasteiger partial charge in [-0.25, -0.2) is 0 Å². The van der Waals surface area contributed by atoms with Crippen molar-refractivity contribution in [2.45, 2.75) is 77.3 Å². The van der Waals surface area contributed by atoms with Crippen molar-refractivity contribution in [3.8, 4) is 0 Å². The maximum absolute atomic E-state index is 2.88. The Labute approximate surface area is 119 Å². The second kappa shape index (κ2) is 5.73. The molecule has 3 fully saturated rings. The van der Waals surface area contributed by atoms with Crippen LogP contribution in [-0.4, -0.2) is 48.1 Å². The molecule has 1 saturated carbocycles. The third-order valence-electron chi connectivity index (χ3n) is 6.33. The number of piperidine rings is 1. The fourth-order valence-electron chi connectivity index (χ4n) is 4.63.